The zero-order chi connectivity index (χ0) is 11.7. The van der Waals surface area contributed by atoms with E-state index in [1.54, 1.807) is 11.8 Å². The fourth-order valence-corrected chi connectivity index (χ4v) is 3.47. The minimum atomic E-state index is 0. The lowest BCUT2D eigenvalue weighted by Crippen LogP contribution is -2.46. The Balaban J connectivity index is 0.00000120. The molecule has 2 aliphatic rings. The van der Waals surface area contributed by atoms with Gasteiger partial charge in [0.15, 0.2) is 0 Å². The molecule has 0 aromatic heterocycles. The van der Waals surface area contributed by atoms with E-state index in [0.29, 0.717) is 0 Å². The van der Waals surface area contributed by atoms with Gasteiger partial charge in [-0.3, -0.25) is 10.1 Å². The van der Waals surface area contributed by atoms with Crippen LogP contribution in [0, 0.1) is 0 Å². The summed E-state index contributed by atoms with van der Waals surface area (Å²) in [5.74, 6) is 1.95. The normalized spacial score (nSPS) is 22.3. The number of carbonyl (C=O) groups is 1. The monoisotopic (exact) mass is 284 g/mol. The van der Waals surface area contributed by atoms with Gasteiger partial charge in [-0.25, -0.2) is 0 Å². The molecule has 5 heteroatoms. The first kappa shape index (κ1) is 13.7. The summed E-state index contributed by atoms with van der Waals surface area (Å²) in [6.45, 7) is 0. The molecule has 1 aliphatic heterocycles. The average molecular weight is 285 g/mol. The highest BCUT2D eigenvalue weighted by Gasteiger charge is 2.27. The molecular formula is C13H17ClN2OS. The first-order valence-corrected chi connectivity index (χ1v) is 7.16. The number of amides is 1. The van der Waals surface area contributed by atoms with Gasteiger partial charge < -0.3 is 5.32 Å². The molecule has 1 fully saturated rings. The Morgan fingerprint density at radius 1 is 1.28 bits per heavy atom. The molecule has 1 saturated heterocycles. The van der Waals surface area contributed by atoms with Crippen LogP contribution >= 0.6 is 24.2 Å². The molecule has 1 heterocycles. The second kappa shape index (κ2) is 5.95. The minimum Gasteiger partial charge on any atom is -0.351 e. The maximum Gasteiger partial charge on any atom is 0.238 e. The van der Waals surface area contributed by atoms with Crippen LogP contribution in [0.3, 0.4) is 0 Å². The number of benzene rings is 1. The maximum absolute atomic E-state index is 12.0. The van der Waals surface area contributed by atoms with Crippen molar-refractivity contribution in [1.29, 1.82) is 0 Å². The van der Waals surface area contributed by atoms with E-state index in [0.717, 1.165) is 24.5 Å². The molecule has 3 nitrogen and oxygen atoms in total. The lowest BCUT2D eigenvalue weighted by atomic mass is 10.1. The number of halogens is 1. The molecule has 0 bridgehead atoms. The number of carbonyl (C=O) groups excluding carboxylic acids is 1. The van der Waals surface area contributed by atoms with Gasteiger partial charge in [0.2, 0.25) is 5.91 Å². The first-order chi connectivity index (χ1) is 8.33. The van der Waals surface area contributed by atoms with Crippen molar-refractivity contribution in [2.75, 3.05) is 11.6 Å². The van der Waals surface area contributed by atoms with Crippen molar-refractivity contribution in [1.82, 2.24) is 10.6 Å². The molecule has 1 atom stereocenters. The average Bonchev–Trinajstić information content (AvgIpc) is 2.97. The summed E-state index contributed by atoms with van der Waals surface area (Å²) in [5.41, 5.74) is 2.76. The molecule has 2 N–H and O–H groups in total. The molecule has 1 aromatic rings. The summed E-state index contributed by atoms with van der Waals surface area (Å²) >= 11 is 1.78. The fourth-order valence-electron chi connectivity index (χ4n) is 2.53. The first-order valence-electron chi connectivity index (χ1n) is 6.01. The van der Waals surface area contributed by atoms with Gasteiger partial charge in [0.25, 0.3) is 0 Å². The molecule has 0 radical (unpaired) electrons. The molecule has 1 aliphatic carbocycles. The summed E-state index contributed by atoms with van der Waals surface area (Å²) in [7, 11) is 0. The second-order valence-corrected chi connectivity index (χ2v) is 5.68. The predicted octanol–water partition coefficient (Wildman–Crippen LogP) is 1.35. The third-order valence-corrected chi connectivity index (χ3v) is 4.37. The SMILES string of the molecule is Cl.O=C(NC1Cc2ccccc2C1)C1CSCN1. The van der Waals surface area contributed by atoms with Crippen molar-refractivity contribution in [2.24, 2.45) is 0 Å². The highest BCUT2D eigenvalue weighted by atomic mass is 35.5. The van der Waals surface area contributed by atoms with Crippen LogP contribution in [-0.4, -0.2) is 29.6 Å². The number of fused-ring (bicyclic) bond motifs is 1. The minimum absolute atomic E-state index is 0. The predicted molar refractivity (Wildman–Crippen MR) is 77.3 cm³/mol. The largest absolute Gasteiger partial charge is 0.351 e. The topological polar surface area (TPSA) is 41.1 Å². The Morgan fingerprint density at radius 3 is 2.50 bits per heavy atom. The van der Waals surface area contributed by atoms with E-state index in [9.17, 15) is 4.79 Å². The summed E-state index contributed by atoms with van der Waals surface area (Å²) in [6.07, 6.45) is 1.95. The van der Waals surface area contributed by atoms with Gasteiger partial charge >= 0.3 is 0 Å². The molecule has 18 heavy (non-hydrogen) atoms. The quantitative estimate of drug-likeness (QED) is 0.862. The summed E-state index contributed by atoms with van der Waals surface area (Å²) < 4.78 is 0. The van der Waals surface area contributed by atoms with Crippen molar-refractivity contribution in [3.8, 4) is 0 Å². The van der Waals surface area contributed by atoms with E-state index in [-0.39, 0.29) is 30.4 Å². The summed E-state index contributed by atoms with van der Waals surface area (Å²) in [4.78, 5) is 12.0. The van der Waals surface area contributed by atoms with Crippen molar-refractivity contribution >= 4 is 30.1 Å². The Labute approximate surface area is 118 Å². The van der Waals surface area contributed by atoms with E-state index >= 15 is 0 Å². The van der Waals surface area contributed by atoms with Crippen molar-refractivity contribution in [3.63, 3.8) is 0 Å². The molecule has 0 saturated carbocycles. The van der Waals surface area contributed by atoms with E-state index in [1.165, 1.54) is 11.1 Å². The van der Waals surface area contributed by atoms with Gasteiger partial charge in [0.1, 0.15) is 0 Å². The summed E-state index contributed by atoms with van der Waals surface area (Å²) in [6, 6.07) is 8.74. The van der Waals surface area contributed by atoms with Crippen molar-refractivity contribution in [2.45, 2.75) is 24.9 Å². The Hall–Kier alpha value is -0.710. The molecular weight excluding hydrogens is 268 g/mol. The van der Waals surface area contributed by atoms with Crippen LogP contribution in [0.2, 0.25) is 0 Å². The van der Waals surface area contributed by atoms with Crippen LogP contribution in [0.4, 0.5) is 0 Å². The van der Waals surface area contributed by atoms with Crippen LogP contribution in [0.5, 0.6) is 0 Å². The van der Waals surface area contributed by atoms with Gasteiger partial charge in [-0.15, -0.1) is 24.2 Å². The molecule has 0 spiro atoms. The van der Waals surface area contributed by atoms with Crippen molar-refractivity contribution < 1.29 is 4.79 Å². The maximum atomic E-state index is 12.0. The van der Waals surface area contributed by atoms with Crippen LogP contribution in [-0.2, 0) is 17.6 Å². The highest BCUT2D eigenvalue weighted by molar-refractivity contribution is 7.99. The van der Waals surface area contributed by atoms with Gasteiger partial charge in [0.05, 0.1) is 6.04 Å². The van der Waals surface area contributed by atoms with Crippen LogP contribution in [0.15, 0.2) is 24.3 Å². The molecule has 1 amide bonds. The Kier molecular flexibility index (Phi) is 4.54. The lowest BCUT2D eigenvalue weighted by Gasteiger charge is -2.15. The van der Waals surface area contributed by atoms with Gasteiger partial charge in [0, 0.05) is 17.7 Å². The van der Waals surface area contributed by atoms with Gasteiger partial charge in [-0.1, -0.05) is 24.3 Å². The number of thioether (sulfide) groups is 1. The zero-order valence-electron chi connectivity index (χ0n) is 10.0. The number of hydrogen-bond acceptors (Lipinski definition) is 3. The van der Waals surface area contributed by atoms with E-state index < -0.39 is 0 Å². The fraction of sp³-hybridized carbons (Fsp3) is 0.462. The van der Waals surface area contributed by atoms with Crippen LogP contribution < -0.4 is 10.6 Å². The van der Waals surface area contributed by atoms with E-state index in [4.69, 9.17) is 0 Å². The Bertz CT molecular complexity index is 410. The van der Waals surface area contributed by atoms with Gasteiger partial charge in [-0.2, -0.15) is 0 Å². The number of rotatable bonds is 2. The van der Waals surface area contributed by atoms with E-state index in [2.05, 4.69) is 34.9 Å². The summed E-state index contributed by atoms with van der Waals surface area (Å²) in [5, 5.41) is 6.36. The second-order valence-electron chi connectivity index (χ2n) is 4.65. The van der Waals surface area contributed by atoms with Crippen LogP contribution in [0.25, 0.3) is 0 Å². The molecule has 1 aromatic carbocycles. The zero-order valence-corrected chi connectivity index (χ0v) is 11.7. The molecule has 3 rings (SSSR count). The number of nitrogens with one attached hydrogen (secondary N) is 2. The molecule has 1 unspecified atom stereocenters. The smallest absolute Gasteiger partial charge is 0.238 e. The van der Waals surface area contributed by atoms with E-state index in [1.807, 2.05) is 0 Å². The van der Waals surface area contributed by atoms with Gasteiger partial charge in [-0.05, 0) is 24.0 Å². The highest BCUT2D eigenvalue weighted by Crippen LogP contribution is 2.22. The number of hydrogen-bond donors (Lipinski definition) is 2. The molecule has 98 valence electrons. The lowest BCUT2D eigenvalue weighted by molar-refractivity contribution is -0.123. The third-order valence-electron chi connectivity index (χ3n) is 3.43. The van der Waals surface area contributed by atoms with Crippen LogP contribution in [0.1, 0.15) is 11.1 Å². The Morgan fingerprint density at radius 2 is 1.94 bits per heavy atom. The third kappa shape index (κ3) is 2.82. The van der Waals surface area contributed by atoms with Crippen molar-refractivity contribution in [3.05, 3.63) is 35.4 Å². The standard InChI is InChI=1S/C13H16N2OS.ClH/c16-13(12-7-17-8-14-12)15-11-5-9-3-1-2-4-10(9)6-11;/h1-4,11-12,14H,5-8H2,(H,15,16);1H.